The number of benzene rings is 3. The Labute approximate surface area is 176 Å². The van der Waals surface area contributed by atoms with Crippen molar-refractivity contribution in [3.63, 3.8) is 0 Å². The monoisotopic (exact) mass is 405 g/mol. The SMILES string of the molecule is COc1cccc(CN2CC3C(c4ccc(Cl)cc4)NNC3c3ccccc32)c1. The topological polar surface area (TPSA) is 36.5 Å². The molecule has 0 bridgehead atoms. The van der Waals surface area contributed by atoms with Crippen LogP contribution in [0.4, 0.5) is 5.69 Å². The van der Waals surface area contributed by atoms with Gasteiger partial charge >= 0.3 is 0 Å². The summed E-state index contributed by atoms with van der Waals surface area (Å²) in [5.41, 5.74) is 12.2. The molecule has 3 aromatic rings. The van der Waals surface area contributed by atoms with E-state index in [2.05, 4.69) is 70.3 Å². The first-order valence-corrected chi connectivity index (χ1v) is 10.3. The molecule has 0 saturated carbocycles. The highest BCUT2D eigenvalue weighted by Gasteiger charge is 2.42. The van der Waals surface area contributed by atoms with Crippen molar-refractivity contribution in [1.82, 2.24) is 10.9 Å². The highest BCUT2D eigenvalue weighted by Crippen LogP contribution is 2.45. The van der Waals surface area contributed by atoms with Gasteiger partial charge in [-0.25, -0.2) is 10.9 Å². The van der Waals surface area contributed by atoms with E-state index in [-0.39, 0.29) is 12.1 Å². The van der Waals surface area contributed by atoms with Crippen molar-refractivity contribution < 1.29 is 4.74 Å². The van der Waals surface area contributed by atoms with Gasteiger partial charge in [0.25, 0.3) is 0 Å². The third-order valence-corrected chi connectivity index (χ3v) is 6.28. The highest BCUT2D eigenvalue weighted by atomic mass is 35.5. The maximum absolute atomic E-state index is 6.11. The number of para-hydroxylation sites is 1. The number of rotatable bonds is 4. The fraction of sp³-hybridized carbons (Fsp3) is 0.250. The Morgan fingerprint density at radius 2 is 1.76 bits per heavy atom. The molecule has 1 saturated heterocycles. The van der Waals surface area contributed by atoms with Crippen LogP contribution in [-0.4, -0.2) is 13.7 Å². The van der Waals surface area contributed by atoms with Crippen molar-refractivity contribution in [2.45, 2.75) is 18.6 Å². The molecule has 2 aliphatic heterocycles. The van der Waals surface area contributed by atoms with Gasteiger partial charge in [-0.3, -0.25) is 0 Å². The van der Waals surface area contributed by atoms with Gasteiger partial charge in [0.1, 0.15) is 5.75 Å². The third kappa shape index (κ3) is 3.48. The second kappa shape index (κ2) is 7.71. The Bertz CT molecular complexity index is 1010. The van der Waals surface area contributed by atoms with E-state index in [4.69, 9.17) is 16.3 Å². The molecule has 0 amide bonds. The number of methoxy groups -OCH3 is 1. The van der Waals surface area contributed by atoms with Gasteiger partial charge in [-0.1, -0.05) is 54.1 Å². The lowest BCUT2D eigenvalue weighted by Gasteiger charge is -2.39. The Balaban J connectivity index is 1.48. The number of anilines is 1. The molecule has 3 aromatic carbocycles. The van der Waals surface area contributed by atoms with Crippen molar-refractivity contribution in [3.05, 3.63) is 94.5 Å². The van der Waals surface area contributed by atoms with Gasteiger partial charge in [-0.05, 0) is 47.0 Å². The van der Waals surface area contributed by atoms with Crippen LogP contribution in [-0.2, 0) is 6.54 Å². The van der Waals surface area contributed by atoms with E-state index >= 15 is 0 Å². The predicted molar refractivity (Wildman–Crippen MR) is 117 cm³/mol. The van der Waals surface area contributed by atoms with Gasteiger partial charge in [0.2, 0.25) is 0 Å². The summed E-state index contributed by atoms with van der Waals surface area (Å²) < 4.78 is 5.42. The third-order valence-electron chi connectivity index (χ3n) is 6.03. The number of hydrazine groups is 1. The zero-order chi connectivity index (χ0) is 19.8. The van der Waals surface area contributed by atoms with Crippen LogP contribution in [0.5, 0.6) is 5.75 Å². The molecule has 3 atom stereocenters. The molecule has 2 N–H and O–H groups in total. The van der Waals surface area contributed by atoms with Gasteiger partial charge in [-0.15, -0.1) is 0 Å². The van der Waals surface area contributed by atoms with Gasteiger partial charge in [-0.2, -0.15) is 0 Å². The molecule has 0 aliphatic carbocycles. The second-order valence-electron chi connectivity index (χ2n) is 7.75. The molecule has 3 unspecified atom stereocenters. The lowest BCUT2D eigenvalue weighted by molar-refractivity contribution is 0.401. The lowest BCUT2D eigenvalue weighted by Crippen LogP contribution is -2.39. The Morgan fingerprint density at radius 1 is 0.966 bits per heavy atom. The molecule has 148 valence electrons. The van der Waals surface area contributed by atoms with E-state index in [1.165, 1.54) is 22.4 Å². The normalized spacial score (nSPS) is 22.8. The minimum atomic E-state index is 0.235. The molecule has 5 heteroatoms. The largest absolute Gasteiger partial charge is 0.497 e. The number of halogens is 1. The summed E-state index contributed by atoms with van der Waals surface area (Å²) in [6.07, 6.45) is 0. The smallest absolute Gasteiger partial charge is 0.119 e. The van der Waals surface area contributed by atoms with Crippen LogP contribution >= 0.6 is 11.6 Å². The minimum absolute atomic E-state index is 0.235. The fourth-order valence-electron chi connectivity index (χ4n) is 4.64. The van der Waals surface area contributed by atoms with E-state index in [9.17, 15) is 0 Å². The predicted octanol–water partition coefficient (Wildman–Crippen LogP) is 4.88. The van der Waals surface area contributed by atoms with Crippen LogP contribution in [0.25, 0.3) is 0 Å². The van der Waals surface area contributed by atoms with Gasteiger partial charge in [0.15, 0.2) is 0 Å². The molecular weight excluding hydrogens is 382 g/mol. The summed E-state index contributed by atoms with van der Waals surface area (Å²) in [6, 6.07) is 25.8. The van der Waals surface area contributed by atoms with E-state index in [0.29, 0.717) is 5.92 Å². The molecular formula is C24H24ClN3O. The fourth-order valence-corrected chi connectivity index (χ4v) is 4.76. The zero-order valence-electron chi connectivity index (χ0n) is 16.3. The van der Waals surface area contributed by atoms with E-state index in [0.717, 1.165) is 23.9 Å². The van der Waals surface area contributed by atoms with Crippen LogP contribution < -0.4 is 20.5 Å². The van der Waals surface area contributed by atoms with Crippen LogP contribution in [0.3, 0.4) is 0 Å². The van der Waals surface area contributed by atoms with Crippen LogP contribution in [0.1, 0.15) is 28.8 Å². The van der Waals surface area contributed by atoms with Gasteiger partial charge in [0.05, 0.1) is 19.2 Å². The number of ether oxygens (including phenoxy) is 1. The van der Waals surface area contributed by atoms with Crippen molar-refractivity contribution in [3.8, 4) is 5.75 Å². The number of hydrogen-bond donors (Lipinski definition) is 2. The summed E-state index contributed by atoms with van der Waals surface area (Å²) >= 11 is 6.11. The highest BCUT2D eigenvalue weighted by molar-refractivity contribution is 6.30. The molecule has 4 nitrogen and oxygen atoms in total. The maximum atomic E-state index is 6.11. The quantitative estimate of drug-likeness (QED) is 0.649. The van der Waals surface area contributed by atoms with Crippen molar-refractivity contribution >= 4 is 17.3 Å². The summed E-state index contributed by atoms with van der Waals surface area (Å²) in [5.74, 6) is 1.31. The number of fused-ring (bicyclic) bond motifs is 3. The Morgan fingerprint density at radius 3 is 2.59 bits per heavy atom. The Hall–Kier alpha value is -2.53. The first-order valence-electron chi connectivity index (χ1n) is 9.96. The first-order chi connectivity index (χ1) is 14.2. The standard InChI is InChI=1S/C24H24ClN3O/c1-29-19-6-4-5-16(13-19)14-28-15-21-23(17-9-11-18(25)12-10-17)26-27-24(21)20-7-2-3-8-22(20)28/h2-13,21,23-24,26-27H,14-15H2,1H3. The summed E-state index contributed by atoms with van der Waals surface area (Å²) in [7, 11) is 1.71. The van der Waals surface area contributed by atoms with E-state index in [1.54, 1.807) is 7.11 Å². The maximum Gasteiger partial charge on any atom is 0.119 e. The number of nitrogens with zero attached hydrogens (tertiary/aromatic N) is 1. The average Bonchev–Trinajstić information content (AvgIpc) is 3.19. The zero-order valence-corrected chi connectivity index (χ0v) is 17.1. The van der Waals surface area contributed by atoms with Gasteiger partial charge < -0.3 is 9.64 Å². The molecule has 29 heavy (non-hydrogen) atoms. The van der Waals surface area contributed by atoms with Crippen molar-refractivity contribution in [1.29, 1.82) is 0 Å². The average molecular weight is 406 g/mol. The first kappa shape index (κ1) is 18.5. The van der Waals surface area contributed by atoms with Crippen molar-refractivity contribution in [2.75, 3.05) is 18.6 Å². The van der Waals surface area contributed by atoms with Crippen molar-refractivity contribution in [2.24, 2.45) is 5.92 Å². The van der Waals surface area contributed by atoms with Crippen LogP contribution in [0.15, 0.2) is 72.8 Å². The summed E-state index contributed by atoms with van der Waals surface area (Å²) in [4.78, 5) is 2.49. The summed E-state index contributed by atoms with van der Waals surface area (Å²) in [6.45, 7) is 1.82. The van der Waals surface area contributed by atoms with Crippen LogP contribution in [0.2, 0.25) is 5.02 Å². The Kier molecular flexibility index (Phi) is 4.92. The molecule has 5 rings (SSSR count). The number of hydrogen-bond acceptors (Lipinski definition) is 4. The molecule has 0 aromatic heterocycles. The minimum Gasteiger partial charge on any atom is -0.497 e. The number of nitrogens with one attached hydrogen (secondary N) is 2. The molecule has 1 fully saturated rings. The molecule has 0 spiro atoms. The lowest BCUT2D eigenvalue weighted by atomic mass is 9.82. The van der Waals surface area contributed by atoms with Gasteiger partial charge in [0, 0.05) is 29.7 Å². The molecule has 2 aliphatic rings. The molecule has 0 radical (unpaired) electrons. The van der Waals surface area contributed by atoms with E-state index in [1.807, 2.05) is 18.2 Å². The van der Waals surface area contributed by atoms with Crippen LogP contribution in [0, 0.1) is 5.92 Å². The summed E-state index contributed by atoms with van der Waals surface area (Å²) in [5, 5.41) is 0.768. The second-order valence-corrected chi connectivity index (χ2v) is 8.19. The van der Waals surface area contributed by atoms with E-state index < -0.39 is 0 Å². The molecule has 2 heterocycles.